The van der Waals surface area contributed by atoms with Crippen LogP contribution in [0.15, 0.2) is 54.7 Å². The van der Waals surface area contributed by atoms with Crippen molar-refractivity contribution in [3.63, 3.8) is 0 Å². The number of nitrogens with zero attached hydrogens (tertiary/aromatic N) is 2. The van der Waals surface area contributed by atoms with Crippen molar-refractivity contribution >= 4 is 17.7 Å². The molecule has 2 aromatic carbocycles. The van der Waals surface area contributed by atoms with E-state index in [0.717, 1.165) is 11.3 Å². The summed E-state index contributed by atoms with van der Waals surface area (Å²) in [5, 5.41) is 2.74. The lowest BCUT2D eigenvalue weighted by Gasteiger charge is -2.16. The molecule has 3 aromatic rings. The van der Waals surface area contributed by atoms with Gasteiger partial charge in [-0.05, 0) is 36.2 Å². The molecule has 0 aliphatic carbocycles. The molecule has 1 aromatic heterocycles. The van der Waals surface area contributed by atoms with Crippen LogP contribution < -0.4 is 20.5 Å². The molecule has 0 bridgehead atoms. The van der Waals surface area contributed by atoms with E-state index in [4.69, 9.17) is 15.2 Å². The molecule has 28 heavy (non-hydrogen) atoms. The van der Waals surface area contributed by atoms with Crippen LogP contribution in [0.5, 0.6) is 17.2 Å². The SMILES string of the molecule is COc1ccc(Oc2cnc(N)nc2NC(=O)c2ccccc2)c(C(C)C)c1. The van der Waals surface area contributed by atoms with Gasteiger partial charge in [-0.25, -0.2) is 4.98 Å². The number of carbonyl (C=O) groups excluding carboxylic acids is 1. The van der Waals surface area contributed by atoms with Crippen LogP contribution >= 0.6 is 0 Å². The van der Waals surface area contributed by atoms with Gasteiger partial charge in [-0.15, -0.1) is 0 Å². The molecule has 3 N–H and O–H groups in total. The van der Waals surface area contributed by atoms with Gasteiger partial charge in [0.25, 0.3) is 5.91 Å². The van der Waals surface area contributed by atoms with Crippen molar-refractivity contribution in [3.8, 4) is 17.2 Å². The second-order valence-electron chi connectivity index (χ2n) is 6.42. The maximum absolute atomic E-state index is 12.5. The summed E-state index contributed by atoms with van der Waals surface area (Å²) in [6.07, 6.45) is 1.44. The van der Waals surface area contributed by atoms with Gasteiger partial charge in [0.05, 0.1) is 13.3 Å². The Morgan fingerprint density at radius 3 is 2.54 bits per heavy atom. The summed E-state index contributed by atoms with van der Waals surface area (Å²) in [5.41, 5.74) is 7.16. The number of methoxy groups -OCH3 is 1. The van der Waals surface area contributed by atoms with Gasteiger partial charge in [0.15, 0.2) is 11.6 Å². The standard InChI is InChI=1S/C21H22N4O3/c1-13(2)16-11-15(27-3)9-10-17(16)28-18-12-23-21(22)25-19(18)24-20(26)14-7-5-4-6-8-14/h4-13H,1-3H3,(H3,22,23,24,25,26). The average Bonchev–Trinajstić information content (AvgIpc) is 2.70. The number of hydrogen-bond donors (Lipinski definition) is 2. The van der Waals surface area contributed by atoms with Crippen LogP contribution in [-0.4, -0.2) is 23.0 Å². The van der Waals surface area contributed by atoms with Crippen LogP contribution in [0.2, 0.25) is 0 Å². The molecule has 7 nitrogen and oxygen atoms in total. The number of benzene rings is 2. The lowest BCUT2D eigenvalue weighted by atomic mass is 10.0. The van der Waals surface area contributed by atoms with Gasteiger partial charge in [-0.1, -0.05) is 32.0 Å². The zero-order chi connectivity index (χ0) is 20.1. The van der Waals surface area contributed by atoms with Crippen LogP contribution in [0.25, 0.3) is 0 Å². The monoisotopic (exact) mass is 378 g/mol. The molecule has 0 saturated carbocycles. The summed E-state index contributed by atoms with van der Waals surface area (Å²) >= 11 is 0. The Balaban J connectivity index is 1.92. The summed E-state index contributed by atoms with van der Waals surface area (Å²) in [4.78, 5) is 20.6. The molecule has 0 radical (unpaired) electrons. The zero-order valence-electron chi connectivity index (χ0n) is 16.0. The summed E-state index contributed by atoms with van der Waals surface area (Å²) in [5.74, 6) is 1.78. The number of carbonyl (C=O) groups is 1. The first-order valence-corrected chi connectivity index (χ1v) is 8.82. The lowest BCUT2D eigenvalue weighted by molar-refractivity contribution is 0.102. The van der Waals surface area contributed by atoms with E-state index in [1.165, 1.54) is 6.20 Å². The normalized spacial score (nSPS) is 10.6. The van der Waals surface area contributed by atoms with E-state index < -0.39 is 0 Å². The number of rotatable bonds is 6. The predicted molar refractivity (Wildman–Crippen MR) is 108 cm³/mol. The molecule has 0 spiro atoms. The number of aromatic nitrogens is 2. The largest absolute Gasteiger partial charge is 0.497 e. The highest BCUT2D eigenvalue weighted by Gasteiger charge is 2.16. The molecule has 0 unspecified atom stereocenters. The third-order valence-electron chi connectivity index (χ3n) is 4.10. The molecule has 7 heteroatoms. The summed E-state index contributed by atoms with van der Waals surface area (Å²) in [6.45, 7) is 4.11. The molecule has 1 heterocycles. The molecule has 0 saturated heterocycles. The van der Waals surface area contributed by atoms with Gasteiger partial charge in [0.2, 0.25) is 5.95 Å². The van der Waals surface area contributed by atoms with Crippen LogP contribution in [0.3, 0.4) is 0 Å². The molecule has 0 aliphatic heterocycles. The summed E-state index contributed by atoms with van der Waals surface area (Å²) in [7, 11) is 1.62. The van der Waals surface area contributed by atoms with Crippen molar-refractivity contribution in [1.82, 2.24) is 9.97 Å². The number of nitrogens with one attached hydrogen (secondary N) is 1. The fraction of sp³-hybridized carbons (Fsp3) is 0.190. The minimum atomic E-state index is -0.317. The van der Waals surface area contributed by atoms with Crippen molar-refractivity contribution in [3.05, 3.63) is 65.9 Å². The Kier molecular flexibility index (Phi) is 5.74. The second kappa shape index (κ2) is 8.39. The highest BCUT2D eigenvalue weighted by Crippen LogP contribution is 2.35. The molecule has 0 fully saturated rings. The summed E-state index contributed by atoms with van der Waals surface area (Å²) in [6, 6.07) is 14.4. The van der Waals surface area contributed by atoms with Crippen molar-refractivity contribution in [2.45, 2.75) is 19.8 Å². The Bertz CT molecular complexity index is 975. The first-order chi connectivity index (χ1) is 13.5. The smallest absolute Gasteiger partial charge is 0.256 e. The van der Waals surface area contributed by atoms with E-state index in [2.05, 4.69) is 29.1 Å². The average molecular weight is 378 g/mol. The van der Waals surface area contributed by atoms with E-state index in [-0.39, 0.29) is 23.6 Å². The van der Waals surface area contributed by atoms with Crippen LogP contribution in [-0.2, 0) is 0 Å². The molecule has 144 valence electrons. The highest BCUT2D eigenvalue weighted by molar-refractivity contribution is 6.04. The zero-order valence-corrected chi connectivity index (χ0v) is 16.0. The van der Waals surface area contributed by atoms with E-state index in [1.807, 2.05) is 24.3 Å². The van der Waals surface area contributed by atoms with Gasteiger partial charge in [-0.2, -0.15) is 4.98 Å². The van der Waals surface area contributed by atoms with Gasteiger partial charge in [0, 0.05) is 11.1 Å². The highest BCUT2D eigenvalue weighted by atomic mass is 16.5. The minimum absolute atomic E-state index is 0.0366. The number of nitrogens with two attached hydrogens (primary N) is 1. The van der Waals surface area contributed by atoms with Crippen molar-refractivity contribution in [2.24, 2.45) is 0 Å². The van der Waals surface area contributed by atoms with E-state index in [0.29, 0.717) is 17.1 Å². The third-order valence-corrected chi connectivity index (χ3v) is 4.10. The van der Waals surface area contributed by atoms with E-state index in [1.54, 1.807) is 31.4 Å². The second-order valence-corrected chi connectivity index (χ2v) is 6.42. The minimum Gasteiger partial charge on any atom is -0.497 e. The van der Waals surface area contributed by atoms with Crippen molar-refractivity contribution in [1.29, 1.82) is 0 Å². The first kappa shape index (κ1) is 19.2. The van der Waals surface area contributed by atoms with E-state index >= 15 is 0 Å². The van der Waals surface area contributed by atoms with E-state index in [9.17, 15) is 4.79 Å². The Hall–Kier alpha value is -3.61. The molecule has 3 rings (SSSR count). The number of nitrogen functional groups attached to an aromatic ring is 1. The fourth-order valence-electron chi connectivity index (χ4n) is 2.63. The van der Waals surface area contributed by atoms with Crippen molar-refractivity contribution < 1.29 is 14.3 Å². The molecular formula is C21H22N4O3. The molecule has 0 aliphatic rings. The van der Waals surface area contributed by atoms with Gasteiger partial charge in [-0.3, -0.25) is 4.79 Å². The number of hydrogen-bond acceptors (Lipinski definition) is 6. The van der Waals surface area contributed by atoms with Crippen LogP contribution in [0.1, 0.15) is 35.7 Å². The quantitative estimate of drug-likeness (QED) is 0.666. The predicted octanol–water partition coefficient (Wildman–Crippen LogP) is 4.24. The van der Waals surface area contributed by atoms with Gasteiger partial charge >= 0.3 is 0 Å². The number of anilines is 2. The van der Waals surface area contributed by atoms with Crippen LogP contribution in [0, 0.1) is 0 Å². The molecule has 0 atom stereocenters. The topological polar surface area (TPSA) is 99.4 Å². The fourth-order valence-corrected chi connectivity index (χ4v) is 2.63. The maximum Gasteiger partial charge on any atom is 0.256 e. The van der Waals surface area contributed by atoms with Gasteiger partial charge < -0.3 is 20.5 Å². The van der Waals surface area contributed by atoms with Gasteiger partial charge in [0.1, 0.15) is 11.5 Å². The third kappa shape index (κ3) is 4.37. The summed E-state index contributed by atoms with van der Waals surface area (Å²) < 4.78 is 11.3. The molecule has 1 amide bonds. The Labute approximate surface area is 163 Å². The molecular weight excluding hydrogens is 356 g/mol. The maximum atomic E-state index is 12.5. The van der Waals surface area contributed by atoms with Crippen LogP contribution in [0.4, 0.5) is 11.8 Å². The Morgan fingerprint density at radius 1 is 1.11 bits per heavy atom. The lowest BCUT2D eigenvalue weighted by Crippen LogP contribution is -2.14. The first-order valence-electron chi connectivity index (χ1n) is 8.82. The number of ether oxygens (including phenoxy) is 2. The Morgan fingerprint density at radius 2 is 1.86 bits per heavy atom. The number of amides is 1. The van der Waals surface area contributed by atoms with Crippen molar-refractivity contribution in [2.75, 3.05) is 18.2 Å².